The Morgan fingerprint density at radius 3 is 2.81 bits per heavy atom. The summed E-state index contributed by atoms with van der Waals surface area (Å²) < 4.78 is 13.6. The van der Waals surface area contributed by atoms with Crippen molar-refractivity contribution in [3.8, 4) is 0 Å². The van der Waals surface area contributed by atoms with Crippen molar-refractivity contribution in [1.29, 1.82) is 0 Å². The van der Waals surface area contributed by atoms with Crippen molar-refractivity contribution in [3.63, 3.8) is 0 Å². The molecule has 1 saturated carbocycles. The molecule has 2 fully saturated rings. The van der Waals surface area contributed by atoms with Crippen LogP contribution in [0.1, 0.15) is 57.1 Å². The molecule has 2 aliphatic rings. The molecule has 1 aromatic carbocycles. The number of hydrogen-bond acceptors (Lipinski definition) is 3. The lowest BCUT2D eigenvalue weighted by Gasteiger charge is -2.37. The van der Waals surface area contributed by atoms with Gasteiger partial charge in [-0.2, -0.15) is 0 Å². The second kappa shape index (κ2) is 9.31. The van der Waals surface area contributed by atoms with Gasteiger partial charge in [-0.1, -0.05) is 31.4 Å². The van der Waals surface area contributed by atoms with Crippen molar-refractivity contribution in [2.24, 2.45) is 5.92 Å². The summed E-state index contributed by atoms with van der Waals surface area (Å²) in [5.74, 6) is -0.117. The largest absolute Gasteiger partial charge is 0.353 e. The van der Waals surface area contributed by atoms with Gasteiger partial charge in [-0.15, -0.1) is 0 Å². The number of halogens is 1. The number of amides is 2. The zero-order valence-electron chi connectivity index (χ0n) is 16.0. The minimum absolute atomic E-state index is 0.00204. The van der Waals surface area contributed by atoms with E-state index in [0.29, 0.717) is 13.1 Å². The smallest absolute Gasteiger partial charge is 0.225 e. The molecule has 6 heteroatoms. The molecule has 0 bridgehead atoms. The van der Waals surface area contributed by atoms with E-state index in [2.05, 4.69) is 10.6 Å². The second-order valence-electron chi connectivity index (χ2n) is 7.81. The van der Waals surface area contributed by atoms with Gasteiger partial charge in [0.1, 0.15) is 5.82 Å². The number of rotatable bonds is 5. The molecule has 148 valence electrons. The predicted molar refractivity (Wildman–Crippen MR) is 103 cm³/mol. The number of nitrogens with zero attached hydrogens (tertiary/aromatic N) is 1. The maximum Gasteiger partial charge on any atom is 0.225 e. The number of nitrogens with one attached hydrogen (secondary N) is 2. The van der Waals surface area contributed by atoms with Crippen LogP contribution in [-0.4, -0.2) is 42.4 Å². The van der Waals surface area contributed by atoms with Crippen molar-refractivity contribution in [2.45, 2.75) is 57.5 Å². The zero-order valence-corrected chi connectivity index (χ0v) is 16.0. The molecule has 1 aromatic rings. The van der Waals surface area contributed by atoms with Crippen molar-refractivity contribution in [2.75, 3.05) is 19.6 Å². The number of piperazine rings is 1. The summed E-state index contributed by atoms with van der Waals surface area (Å²) in [7, 11) is 0. The van der Waals surface area contributed by atoms with Gasteiger partial charge in [0.25, 0.3) is 0 Å². The van der Waals surface area contributed by atoms with Gasteiger partial charge < -0.3 is 15.5 Å². The lowest BCUT2D eigenvalue weighted by atomic mass is 9.88. The molecule has 1 aliphatic heterocycles. The molecule has 2 N–H and O–H groups in total. The molecule has 0 radical (unpaired) electrons. The number of carbonyl (C=O) groups excluding carboxylic acids is 2. The average molecular weight is 375 g/mol. The van der Waals surface area contributed by atoms with E-state index in [1.807, 2.05) is 17.9 Å². The Labute approximate surface area is 160 Å². The average Bonchev–Trinajstić information content (AvgIpc) is 2.68. The molecule has 1 saturated heterocycles. The minimum atomic E-state index is -0.293. The summed E-state index contributed by atoms with van der Waals surface area (Å²) >= 11 is 0. The SMILES string of the molecule is CC(CC(=O)N1CCNCC1c1cccc(F)c1)NC(=O)C1CCCCC1. The first kappa shape index (κ1) is 19.8. The van der Waals surface area contributed by atoms with Crippen LogP contribution in [0.5, 0.6) is 0 Å². The van der Waals surface area contributed by atoms with Crippen molar-refractivity contribution < 1.29 is 14.0 Å². The van der Waals surface area contributed by atoms with Crippen LogP contribution in [0.3, 0.4) is 0 Å². The molecule has 2 unspecified atom stereocenters. The third-order valence-corrected chi connectivity index (χ3v) is 5.64. The normalized spacial score (nSPS) is 22.3. The summed E-state index contributed by atoms with van der Waals surface area (Å²) in [4.78, 5) is 27.1. The topological polar surface area (TPSA) is 61.4 Å². The van der Waals surface area contributed by atoms with Gasteiger partial charge in [0.2, 0.25) is 11.8 Å². The van der Waals surface area contributed by atoms with E-state index in [4.69, 9.17) is 0 Å². The Morgan fingerprint density at radius 2 is 2.07 bits per heavy atom. The van der Waals surface area contributed by atoms with E-state index in [-0.39, 0.29) is 42.1 Å². The number of benzene rings is 1. The molecule has 2 atom stereocenters. The van der Waals surface area contributed by atoms with E-state index < -0.39 is 0 Å². The van der Waals surface area contributed by atoms with Crippen LogP contribution in [0.4, 0.5) is 4.39 Å². The summed E-state index contributed by atoms with van der Waals surface area (Å²) in [6.07, 6.45) is 5.60. The monoisotopic (exact) mass is 375 g/mol. The first-order valence-electron chi connectivity index (χ1n) is 10.1. The molecular weight excluding hydrogens is 345 g/mol. The van der Waals surface area contributed by atoms with Crippen molar-refractivity contribution >= 4 is 11.8 Å². The first-order valence-corrected chi connectivity index (χ1v) is 10.1. The Balaban J connectivity index is 1.58. The Morgan fingerprint density at radius 1 is 1.30 bits per heavy atom. The molecule has 1 aliphatic carbocycles. The van der Waals surface area contributed by atoms with Gasteiger partial charge in [0, 0.05) is 38.0 Å². The van der Waals surface area contributed by atoms with Crippen LogP contribution in [0.25, 0.3) is 0 Å². The van der Waals surface area contributed by atoms with Crippen LogP contribution in [-0.2, 0) is 9.59 Å². The molecule has 0 spiro atoms. The highest BCUT2D eigenvalue weighted by Crippen LogP contribution is 2.25. The molecule has 27 heavy (non-hydrogen) atoms. The summed E-state index contributed by atoms with van der Waals surface area (Å²) in [6.45, 7) is 3.81. The highest BCUT2D eigenvalue weighted by molar-refractivity contribution is 5.81. The Hall–Kier alpha value is -1.95. The molecule has 0 aromatic heterocycles. The van der Waals surface area contributed by atoms with E-state index in [9.17, 15) is 14.0 Å². The molecular formula is C21H30FN3O2. The third kappa shape index (κ3) is 5.28. The van der Waals surface area contributed by atoms with Crippen LogP contribution < -0.4 is 10.6 Å². The van der Waals surface area contributed by atoms with Crippen LogP contribution in [0, 0.1) is 11.7 Å². The lowest BCUT2D eigenvalue weighted by Crippen LogP contribution is -2.50. The highest BCUT2D eigenvalue weighted by atomic mass is 19.1. The molecule has 1 heterocycles. The zero-order chi connectivity index (χ0) is 19.2. The Bertz CT molecular complexity index is 661. The number of carbonyl (C=O) groups is 2. The maximum absolute atomic E-state index is 13.6. The van der Waals surface area contributed by atoms with Gasteiger partial charge in [-0.05, 0) is 37.5 Å². The third-order valence-electron chi connectivity index (χ3n) is 5.64. The number of hydrogen-bond donors (Lipinski definition) is 2. The Kier molecular flexibility index (Phi) is 6.83. The van der Waals surface area contributed by atoms with Gasteiger partial charge in [-0.25, -0.2) is 4.39 Å². The van der Waals surface area contributed by atoms with Crippen LogP contribution in [0.15, 0.2) is 24.3 Å². The highest BCUT2D eigenvalue weighted by Gasteiger charge is 2.29. The van der Waals surface area contributed by atoms with Gasteiger partial charge in [0.15, 0.2) is 0 Å². The van der Waals surface area contributed by atoms with E-state index in [0.717, 1.165) is 37.8 Å². The predicted octanol–water partition coefficient (Wildman–Crippen LogP) is 2.77. The fourth-order valence-electron chi connectivity index (χ4n) is 4.17. The molecule has 2 amide bonds. The fourth-order valence-corrected chi connectivity index (χ4v) is 4.17. The second-order valence-corrected chi connectivity index (χ2v) is 7.81. The van der Waals surface area contributed by atoms with E-state index in [1.165, 1.54) is 18.6 Å². The quantitative estimate of drug-likeness (QED) is 0.832. The molecule has 3 rings (SSSR count). The maximum atomic E-state index is 13.6. The minimum Gasteiger partial charge on any atom is -0.353 e. The molecule has 5 nitrogen and oxygen atoms in total. The van der Waals surface area contributed by atoms with Gasteiger partial charge >= 0.3 is 0 Å². The fraction of sp³-hybridized carbons (Fsp3) is 0.619. The van der Waals surface area contributed by atoms with E-state index in [1.54, 1.807) is 6.07 Å². The van der Waals surface area contributed by atoms with Gasteiger partial charge in [-0.3, -0.25) is 9.59 Å². The summed E-state index contributed by atoms with van der Waals surface area (Å²) in [5, 5.41) is 6.30. The van der Waals surface area contributed by atoms with Crippen LogP contribution >= 0.6 is 0 Å². The van der Waals surface area contributed by atoms with Crippen molar-refractivity contribution in [3.05, 3.63) is 35.6 Å². The van der Waals surface area contributed by atoms with Crippen LogP contribution in [0.2, 0.25) is 0 Å². The lowest BCUT2D eigenvalue weighted by molar-refractivity contribution is -0.135. The standard InChI is InChI=1S/C21H30FN3O2/c1-15(24-21(27)16-6-3-2-4-7-16)12-20(26)25-11-10-23-14-19(25)17-8-5-9-18(22)13-17/h5,8-9,13,15-16,19,23H,2-4,6-7,10-12,14H2,1H3,(H,24,27). The van der Waals surface area contributed by atoms with Gasteiger partial charge in [0.05, 0.1) is 6.04 Å². The summed E-state index contributed by atoms with van der Waals surface area (Å²) in [6, 6.07) is 6.06. The first-order chi connectivity index (χ1) is 13.0. The van der Waals surface area contributed by atoms with E-state index >= 15 is 0 Å². The van der Waals surface area contributed by atoms with Crippen molar-refractivity contribution in [1.82, 2.24) is 15.5 Å². The summed E-state index contributed by atoms with van der Waals surface area (Å²) in [5.41, 5.74) is 0.800.